The molecule has 0 amide bonds. The van der Waals surface area contributed by atoms with Crippen LogP contribution in [0.4, 0.5) is 0 Å². The molecule has 1 aliphatic carbocycles. The molecule has 1 saturated carbocycles. The lowest BCUT2D eigenvalue weighted by Gasteiger charge is -2.45. The number of hydrogen-bond donors (Lipinski definition) is 1. The molecule has 2 aliphatic rings. The summed E-state index contributed by atoms with van der Waals surface area (Å²) in [6.07, 6.45) is 9.28. The monoisotopic (exact) mass is 327 g/mol. The fraction of sp³-hybridized carbons (Fsp3) is 0.941. The van der Waals surface area contributed by atoms with Gasteiger partial charge in [-0.05, 0) is 32.6 Å². The Morgan fingerprint density at radius 2 is 2.09 bits per heavy atom. The number of unbranched alkanes of at least 4 members (excludes halogenated alkanes) is 1. The molecule has 0 aromatic carbocycles. The molecule has 1 spiro atoms. The van der Waals surface area contributed by atoms with Gasteiger partial charge in [0.15, 0.2) is 5.96 Å². The van der Waals surface area contributed by atoms with E-state index in [0.29, 0.717) is 4.75 Å². The standard InChI is InChI=1S/C17H33N3OS/c1-3-21-13-8-7-11-19-16(18-2)20-12-14-22-17(15-20)9-5-4-6-10-17/h3-15H2,1-2H3,(H,18,19). The van der Waals surface area contributed by atoms with Crippen LogP contribution in [0.3, 0.4) is 0 Å². The average molecular weight is 328 g/mol. The molecule has 1 saturated heterocycles. The highest BCUT2D eigenvalue weighted by atomic mass is 32.2. The first-order valence-corrected chi connectivity index (χ1v) is 9.95. The van der Waals surface area contributed by atoms with Crippen molar-refractivity contribution in [3.05, 3.63) is 0 Å². The van der Waals surface area contributed by atoms with Gasteiger partial charge in [0.1, 0.15) is 0 Å². The van der Waals surface area contributed by atoms with Gasteiger partial charge in [0.2, 0.25) is 0 Å². The highest BCUT2D eigenvalue weighted by molar-refractivity contribution is 8.00. The van der Waals surface area contributed by atoms with E-state index < -0.39 is 0 Å². The van der Waals surface area contributed by atoms with Crippen LogP contribution >= 0.6 is 11.8 Å². The summed E-state index contributed by atoms with van der Waals surface area (Å²) in [5.41, 5.74) is 0. The second kappa shape index (κ2) is 9.66. The summed E-state index contributed by atoms with van der Waals surface area (Å²) < 4.78 is 5.89. The molecule has 0 aromatic rings. The van der Waals surface area contributed by atoms with E-state index in [1.165, 1.54) is 44.4 Å². The predicted molar refractivity (Wildman–Crippen MR) is 96.9 cm³/mol. The zero-order valence-corrected chi connectivity index (χ0v) is 15.2. The molecule has 5 heteroatoms. The maximum absolute atomic E-state index is 5.39. The highest BCUT2D eigenvalue weighted by Gasteiger charge is 2.38. The summed E-state index contributed by atoms with van der Waals surface area (Å²) in [5.74, 6) is 2.34. The predicted octanol–water partition coefficient (Wildman–Crippen LogP) is 3.13. The van der Waals surface area contributed by atoms with Gasteiger partial charge in [-0.15, -0.1) is 0 Å². The summed E-state index contributed by atoms with van der Waals surface area (Å²) in [7, 11) is 1.91. The van der Waals surface area contributed by atoms with Crippen molar-refractivity contribution in [3.63, 3.8) is 0 Å². The van der Waals surface area contributed by atoms with Crippen molar-refractivity contribution in [2.75, 3.05) is 45.6 Å². The smallest absolute Gasteiger partial charge is 0.193 e. The van der Waals surface area contributed by atoms with E-state index in [1.807, 2.05) is 7.05 Å². The molecular formula is C17H33N3OS. The number of thioether (sulfide) groups is 1. The average Bonchev–Trinajstić information content (AvgIpc) is 2.55. The largest absolute Gasteiger partial charge is 0.382 e. The first kappa shape index (κ1) is 17.9. The third kappa shape index (κ3) is 5.34. The van der Waals surface area contributed by atoms with Gasteiger partial charge >= 0.3 is 0 Å². The van der Waals surface area contributed by atoms with E-state index in [1.54, 1.807) is 0 Å². The Labute approximate surface area is 140 Å². The summed E-state index contributed by atoms with van der Waals surface area (Å²) >= 11 is 2.21. The van der Waals surface area contributed by atoms with Gasteiger partial charge in [0, 0.05) is 50.4 Å². The van der Waals surface area contributed by atoms with Gasteiger partial charge in [-0.3, -0.25) is 4.99 Å². The fourth-order valence-electron chi connectivity index (χ4n) is 3.53. The quantitative estimate of drug-likeness (QED) is 0.462. The molecule has 0 aromatic heterocycles. The lowest BCUT2D eigenvalue weighted by atomic mass is 9.87. The molecule has 4 nitrogen and oxygen atoms in total. The summed E-state index contributed by atoms with van der Waals surface area (Å²) in [6, 6.07) is 0. The van der Waals surface area contributed by atoms with Gasteiger partial charge in [-0.1, -0.05) is 19.3 Å². The van der Waals surface area contributed by atoms with E-state index in [4.69, 9.17) is 4.74 Å². The molecule has 0 atom stereocenters. The van der Waals surface area contributed by atoms with E-state index in [0.717, 1.165) is 45.1 Å². The van der Waals surface area contributed by atoms with E-state index in [-0.39, 0.29) is 0 Å². The van der Waals surface area contributed by atoms with E-state index in [9.17, 15) is 0 Å². The Hall–Kier alpha value is -0.420. The van der Waals surface area contributed by atoms with E-state index >= 15 is 0 Å². The van der Waals surface area contributed by atoms with Crippen molar-refractivity contribution < 1.29 is 4.74 Å². The molecule has 1 aliphatic heterocycles. The Morgan fingerprint density at radius 1 is 1.27 bits per heavy atom. The van der Waals surface area contributed by atoms with Gasteiger partial charge in [0.05, 0.1) is 0 Å². The second-order valence-electron chi connectivity index (χ2n) is 6.39. The third-order valence-electron chi connectivity index (χ3n) is 4.73. The SMILES string of the molecule is CCOCCCCNC(=NC)N1CCSC2(CCCCC2)C1. The molecular weight excluding hydrogens is 294 g/mol. The van der Waals surface area contributed by atoms with Crippen molar-refractivity contribution in [1.29, 1.82) is 0 Å². The molecule has 0 bridgehead atoms. The van der Waals surface area contributed by atoms with E-state index in [2.05, 4.69) is 33.9 Å². The fourth-order valence-corrected chi connectivity index (χ4v) is 5.10. The molecule has 128 valence electrons. The Morgan fingerprint density at radius 3 is 2.82 bits per heavy atom. The first-order valence-electron chi connectivity index (χ1n) is 8.97. The zero-order chi connectivity index (χ0) is 15.7. The number of guanidine groups is 1. The summed E-state index contributed by atoms with van der Waals surface area (Å²) in [6.45, 7) is 7.05. The van der Waals surface area contributed by atoms with Crippen LogP contribution in [-0.2, 0) is 4.74 Å². The normalized spacial score (nSPS) is 22.1. The second-order valence-corrected chi connectivity index (χ2v) is 7.95. The van der Waals surface area contributed by atoms with Gasteiger partial charge in [-0.2, -0.15) is 11.8 Å². The molecule has 1 N–H and O–H groups in total. The maximum atomic E-state index is 5.39. The van der Waals surface area contributed by atoms with Crippen LogP contribution in [0.2, 0.25) is 0 Å². The third-order valence-corrected chi connectivity index (χ3v) is 6.26. The lowest BCUT2D eigenvalue weighted by Crippen LogP contribution is -2.53. The lowest BCUT2D eigenvalue weighted by molar-refractivity contribution is 0.143. The van der Waals surface area contributed by atoms with Crippen molar-refractivity contribution in [2.45, 2.75) is 56.6 Å². The number of rotatable bonds is 6. The minimum atomic E-state index is 0.503. The van der Waals surface area contributed by atoms with Crippen LogP contribution in [0.25, 0.3) is 0 Å². The molecule has 2 fully saturated rings. The van der Waals surface area contributed by atoms with Gasteiger partial charge in [-0.25, -0.2) is 0 Å². The van der Waals surface area contributed by atoms with Crippen LogP contribution in [0, 0.1) is 0 Å². The summed E-state index contributed by atoms with van der Waals surface area (Å²) in [5, 5.41) is 3.55. The van der Waals surface area contributed by atoms with Gasteiger partial charge in [0.25, 0.3) is 0 Å². The zero-order valence-electron chi connectivity index (χ0n) is 14.4. The number of nitrogens with zero attached hydrogens (tertiary/aromatic N) is 2. The van der Waals surface area contributed by atoms with Crippen molar-refractivity contribution in [2.24, 2.45) is 4.99 Å². The maximum Gasteiger partial charge on any atom is 0.193 e. The van der Waals surface area contributed by atoms with Gasteiger partial charge < -0.3 is 15.0 Å². The molecule has 0 unspecified atom stereocenters. The number of hydrogen-bond acceptors (Lipinski definition) is 3. The molecule has 22 heavy (non-hydrogen) atoms. The Kier molecular flexibility index (Phi) is 7.87. The Bertz CT molecular complexity index is 337. The number of aliphatic imine (C=N–C) groups is 1. The molecule has 2 rings (SSSR count). The topological polar surface area (TPSA) is 36.9 Å². The van der Waals surface area contributed by atoms with Crippen LogP contribution in [-0.4, -0.2) is 61.3 Å². The van der Waals surface area contributed by atoms with Crippen LogP contribution < -0.4 is 5.32 Å². The van der Waals surface area contributed by atoms with Crippen molar-refractivity contribution in [3.8, 4) is 0 Å². The minimum Gasteiger partial charge on any atom is -0.382 e. The Balaban J connectivity index is 1.75. The number of nitrogens with one attached hydrogen (secondary N) is 1. The van der Waals surface area contributed by atoms with Crippen LogP contribution in [0.15, 0.2) is 4.99 Å². The van der Waals surface area contributed by atoms with Crippen molar-refractivity contribution >= 4 is 17.7 Å². The minimum absolute atomic E-state index is 0.503. The van der Waals surface area contributed by atoms with Crippen LogP contribution in [0.5, 0.6) is 0 Å². The highest BCUT2D eigenvalue weighted by Crippen LogP contribution is 2.42. The summed E-state index contributed by atoms with van der Waals surface area (Å²) in [4.78, 5) is 7.01. The molecule has 0 radical (unpaired) electrons. The number of ether oxygens (including phenoxy) is 1. The molecule has 1 heterocycles. The first-order chi connectivity index (χ1) is 10.8. The van der Waals surface area contributed by atoms with Crippen molar-refractivity contribution in [1.82, 2.24) is 10.2 Å². The van der Waals surface area contributed by atoms with Crippen LogP contribution in [0.1, 0.15) is 51.9 Å².